The van der Waals surface area contributed by atoms with Crippen LogP contribution in [0.2, 0.25) is 0 Å². The Hall–Kier alpha value is -1.13. The quantitative estimate of drug-likeness (QED) is 0.903. The minimum Gasteiger partial charge on any atom is -0.496 e. The molecule has 19 heavy (non-hydrogen) atoms. The minimum absolute atomic E-state index is 0.0380. The van der Waals surface area contributed by atoms with Gasteiger partial charge in [0.15, 0.2) is 0 Å². The summed E-state index contributed by atoms with van der Waals surface area (Å²) in [6.07, 6.45) is 4.95. The first kappa shape index (κ1) is 14.3. The highest BCUT2D eigenvalue weighted by Gasteiger charge is 2.33. The van der Waals surface area contributed by atoms with E-state index >= 15 is 0 Å². The number of rotatable bonds is 4. The molecular weight excluding hydrogens is 240 g/mol. The van der Waals surface area contributed by atoms with E-state index in [2.05, 4.69) is 11.9 Å². The lowest BCUT2D eigenvalue weighted by Crippen LogP contribution is -2.41. The molecule has 1 unspecified atom stereocenters. The number of nitrogens with two attached hydrogens (primary N) is 1. The molecule has 1 saturated heterocycles. The van der Waals surface area contributed by atoms with Crippen LogP contribution in [0.3, 0.4) is 0 Å². The Morgan fingerprint density at radius 3 is 2.84 bits per heavy atom. The van der Waals surface area contributed by atoms with Crippen LogP contribution in [-0.2, 0) is 11.2 Å². The third-order valence-corrected chi connectivity index (χ3v) is 4.13. The molecule has 1 atom stereocenters. The Bertz CT molecular complexity index is 440. The average Bonchev–Trinajstić information content (AvgIpc) is 2.44. The molecule has 0 aliphatic carbocycles. The molecule has 1 aliphatic heterocycles. The minimum atomic E-state index is 0.0380. The zero-order valence-corrected chi connectivity index (χ0v) is 12.2. The Kier molecular flexibility index (Phi) is 4.42. The number of nitrogens with zero attached hydrogens (tertiary/aromatic N) is 1. The van der Waals surface area contributed by atoms with Crippen LogP contribution in [0.5, 0.6) is 5.75 Å². The second-order valence-electron chi connectivity index (χ2n) is 5.58. The smallest absolute Gasteiger partial charge is 0.128 e. The highest BCUT2D eigenvalue weighted by atomic mass is 16.5. The number of pyridine rings is 1. The first-order valence-corrected chi connectivity index (χ1v) is 6.89. The number of aromatic nitrogens is 1. The molecule has 1 aliphatic rings. The van der Waals surface area contributed by atoms with E-state index in [1.807, 2.05) is 13.1 Å². The molecule has 0 bridgehead atoms. The largest absolute Gasteiger partial charge is 0.496 e. The van der Waals surface area contributed by atoms with Crippen molar-refractivity contribution in [1.82, 2.24) is 4.98 Å². The standard InChI is InChI=1S/C15H24N2O2/c1-11-8-17-13(12(2)14(11)18-3)7-15(9-16)5-4-6-19-10-15/h8H,4-7,9-10,16H2,1-3H3. The van der Waals surface area contributed by atoms with Crippen LogP contribution in [0.1, 0.15) is 29.7 Å². The van der Waals surface area contributed by atoms with Gasteiger partial charge >= 0.3 is 0 Å². The van der Waals surface area contributed by atoms with Crippen molar-refractivity contribution in [3.63, 3.8) is 0 Å². The Balaban J connectivity index is 2.27. The fourth-order valence-corrected chi connectivity index (χ4v) is 2.89. The van der Waals surface area contributed by atoms with Crippen LogP contribution >= 0.6 is 0 Å². The molecule has 0 aromatic carbocycles. The van der Waals surface area contributed by atoms with Gasteiger partial charge in [0.2, 0.25) is 0 Å². The van der Waals surface area contributed by atoms with Gasteiger partial charge in [-0.25, -0.2) is 0 Å². The number of aryl methyl sites for hydroxylation is 1. The number of ether oxygens (including phenoxy) is 2. The highest BCUT2D eigenvalue weighted by molar-refractivity contribution is 5.41. The van der Waals surface area contributed by atoms with Gasteiger partial charge in [-0.15, -0.1) is 0 Å². The molecule has 1 aromatic heterocycles. The number of hydrogen-bond donors (Lipinski definition) is 1. The van der Waals surface area contributed by atoms with E-state index in [4.69, 9.17) is 15.2 Å². The van der Waals surface area contributed by atoms with Crippen molar-refractivity contribution < 1.29 is 9.47 Å². The van der Waals surface area contributed by atoms with Crippen molar-refractivity contribution in [3.05, 3.63) is 23.0 Å². The first-order chi connectivity index (χ1) is 9.12. The zero-order chi connectivity index (χ0) is 13.9. The van der Waals surface area contributed by atoms with Crippen LogP contribution in [0.4, 0.5) is 0 Å². The van der Waals surface area contributed by atoms with E-state index in [9.17, 15) is 0 Å². The fourth-order valence-electron chi connectivity index (χ4n) is 2.89. The van der Waals surface area contributed by atoms with Gasteiger partial charge in [-0.2, -0.15) is 0 Å². The van der Waals surface area contributed by atoms with Crippen molar-refractivity contribution in [2.75, 3.05) is 26.9 Å². The van der Waals surface area contributed by atoms with Gasteiger partial charge in [0.1, 0.15) is 5.75 Å². The van der Waals surface area contributed by atoms with E-state index in [0.29, 0.717) is 6.54 Å². The van der Waals surface area contributed by atoms with E-state index in [0.717, 1.165) is 55.0 Å². The highest BCUT2D eigenvalue weighted by Crippen LogP contribution is 2.34. The molecular formula is C15H24N2O2. The summed E-state index contributed by atoms with van der Waals surface area (Å²) in [6.45, 7) is 6.32. The van der Waals surface area contributed by atoms with Crippen molar-refractivity contribution in [3.8, 4) is 5.75 Å². The molecule has 2 N–H and O–H groups in total. The van der Waals surface area contributed by atoms with Crippen LogP contribution < -0.4 is 10.5 Å². The van der Waals surface area contributed by atoms with Crippen molar-refractivity contribution in [1.29, 1.82) is 0 Å². The summed E-state index contributed by atoms with van der Waals surface area (Å²) in [4.78, 5) is 4.58. The van der Waals surface area contributed by atoms with Gasteiger partial charge < -0.3 is 15.2 Å². The molecule has 0 spiro atoms. The molecule has 1 fully saturated rings. The predicted molar refractivity (Wildman–Crippen MR) is 75.5 cm³/mol. The summed E-state index contributed by atoms with van der Waals surface area (Å²) >= 11 is 0. The fraction of sp³-hybridized carbons (Fsp3) is 0.667. The van der Waals surface area contributed by atoms with Gasteiger partial charge in [-0.1, -0.05) is 0 Å². The van der Waals surface area contributed by atoms with Crippen molar-refractivity contribution >= 4 is 0 Å². The molecule has 0 amide bonds. The SMILES string of the molecule is COc1c(C)cnc(CC2(CN)CCCOC2)c1C. The van der Waals surface area contributed by atoms with Crippen LogP contribution in [0, 0.1) is 19.3 Å². The Morgan fingerprint density at radius 1 is 1.47 bits per heavy atom. The monoisotopic (exact) mass is 264 g/mol. The van der Waals surface area contributed by atoms with Crippen LogP contribution in [0.15, 0.2) is 6.20 Å². The van der Waals surface area contributed by atoms with E-state index in [-0.39, 0.29) is 5.41 Å². The van der Waals surface area contributed by atoms with Gasteiger partial charge in [-0.3, -0.25) is 4.98 Å². The average molecular weight is 264 g/mol. The van der Waals surface area contributed by atoms with E-state index in [1.165, 1.54) is 0 Å². The lowest BCUT2D eigenvalue weighted by Gasteiger charge is -2.36. The van der Waals surface area contributed by atoms with E-state index < -0.39 is 0 Å². The van der Waals surface area contributed by atoms with Gasteiger partial charge in [0.25, 0.3) is 0 Å². The summed E-state index contributed by atoms with van der Waals surface area (Å²) in [6, 6.07) is 0. The van der Waals surface area contributed by atoms with Gasteiger partial charge in [-0.05, 0) is 33.1 Å². The first-order valence-electron chi connectivity index (χ1n) is 6.89. The molecule has 0 saturated carbocycles. The number of hydrogen-bond acceptors (Lipinski definition) is 4. The predicted octanol–water partition coefficient (Wildman–Crippen LogP) is 2.01. The summed E-state index contributed by atoms with van der Waals surface area (Å²) in [5, 5.41) is 0. The van der Waals surface area contributed by atoms with Crippen LogP contribution in [0.25, 0.3) is 0 Å². The molecule has 4 nitrogen and oxygen atoms in total. The maximum Gasteiger partial charge on any atom is 0.128 e. The summed E-state index contributed by atoms with van der Waals surface area (Å²) in [5.41, 5.74) is 9.32. The zero-order valence-electron chi connectivity index (χ0n) is 12.2. The summed E-state index contributed by atoms with van der Waals surface area (Å²) in [5.74, 6) is 0.939. The maximum atomic E-state index is 6.00. The maximum absolute atomic E-state index is 6.00. The summed E-state index contributed by atoms with van der Waals surface area (Å²) < 4.78 is 11.1. The normalized spacial score (nSPS) is 23.4. The molecule has 4 heteroatoms. The lowest BCUT2D eigenvalue weighted by atomic mass is 9.78. The second-order valence-corrected chi connectivity index (χ2v) is 5.58. The molecule has 2 rings (SSSR count). The van der Waals surface area contributed by atoms with Crippen LogP contribution in [-0.4, -0.2) is 31.9 Å². The lowest BCUT2D eigenvalue weighted by molar-refractivity contribution is -0.00322. The van der Waals surface area contributed by atoms with Crippen molar-refractivity contribution in [2.45, 2.75) is 33.1 Å². The van der Waals surface area contributed by atoms with Crippen molar-refractivity contribution in [2.24, 2.45) is 11.1 Å². The topological polar surface area (TPSA) is 57.4 Å². The molecule has 0 radical (unpaired) electrons. The molecule has 106 valence electrons. The third kappa shape index (κ3) is 2.90. The van der Waals surface area contributed by atoms with Gasteiger partial charge in [0.05, 0.1) is 13.7 Å². The third-order valence-electron chi connectivity index (χ3n) is 4.13. The Morgan fingerprint density at radius 2 is 2.26 bits per heavy atom. The van der Waals surface area contributed by atoms with Gasteiger partial charge in [0, 0.05) is 41.6 Å². The Labute approximate surface area is 115 Å². The summed E-state index contributed by atoms with van der Waals surface area (Å²) in [7, 11) is 1.71. The number of methoxy groups -OCH3 is 1. The second kappa shape index (κ2) is 5.88. The van der Waals surface area contributed by atoms with E-state index in [1.54, 1.807) is 7.11 Å². The molecule has 2 heterocycles. The molecule has 1 aromatic rings.